The van der Waals surface area contributed by atoms with Gasteiger partial charge in [-0.2, -0.15) is 0 Å². The third-order valence-electron chi connectivity index (χ3n) is 4.83. The summed E-state index contributed by atoms with van der Waals surface area (Å²) in [5.74, 6) is -2.05. The number of nitro benzene ring substituents is 1. The molecule has 160 valence electrons. The molecule has 1 amide bonds. The molecule has 0 bridgehead atoms. The first-order valence-electron chi connectivity index (χ1n) is 9.16. The maximum absolute atomic E-state index is 12.9. The number of hydrogen-bond acceptors (Lipinski definition) is 9. The van der Waals surface area contributed by atoms with E-state index in [0.29, 0.717) is 5.56 Å². The predicted octanol–water partition coefficient (Wildman–Crippen LogP) is 3.38. The molecule has 0 spiro atoms. The van der Waals surface area contributed by atoms with Gasteiger partial charge in [0.05, 0.1) is 4.92 Å². The van der Waals surface area contributed by atoms with Crippen LogP contribution in [0.2, 0.25) is 0 Å². The second-order valence-electron chi connectivity index (χ2n) is 6.81. The number of rotatable bonds is 7. The fourth-order valence-electron chi connectivity index (χ4n) is 3.38. The first kappa shape index (κ1) is 21.1. The first-order chi connectivity index (χ1) is 14.9. The third kappa shape index (κ3) is 4.06. The van der Waals surface area contributed by atoms with Crippen molar-refractivity contribution in [2.24, 2.45) is 5.92 Å². The van der Waals surface area contributed by atoms with Gasteiger partial charge in [-0.15, -0.1) is 23.1 Å². The van der Waals surface area contributed by atoms with Crippen LogP contribution in [0.3, 0.4) is 0 Å². The highest BCUT2D eigenvalue weighted by Crippen LogP contribution is 2.51. The minimum absolute atomic E-state index is 0.0573. The molecule has 1 aromatic heterocycles. The minimum Gasteiger partial charge on any atom is -0.456 e. The van der Waals surface area contributed by atoms with Crippen molar-refractivity contribution in [1.29, 1.82) is 0 Å². The number of β-lactam (4-membered cyclic amide) rings is 1. The fourth-order valence-corrected chi connectivity index (χ4v) is 5.43. The Hall–Kier alpha value is -3.18. The third-order valence-corrected chi connectivity index (χ3v) is 6.91. The first-order valence-corrected chi connectivity index (χ1v) is 11.0. The van der Waals surface area contributed by atoms with E-state index in [1.54, 1.807) is 11.5 Å². The Kier molecular flexibility index (Phi) is 5.79. The Morgan fingerprint density at radius 3 is 2.61 bits per heavy atom. The van der Waals surface area contributed by atoms with Crippen molar-refractivity contribution in [3.63, 3.8) is 0 Å². The molecule has 2 unspecified atom stereocenters. The predicted molar refractivity (Wildman–Crippen MR) is 112 cm³/mol. The topological polar surface area (TPSA) is 116 Å². The number of carbonyl (C=O) groups is 3. The number of hydrogen-bond donors (Lipinski definition) is 0. The molecule has 1 aromatic carbocycles. The Morgan fingerprint density at radius 2 is 2.00 bits per heavy atom. The number of thioether (sulfide) groups is 1. The zero-order valence-electron chi connectivity index (χ0n) is 16.1. The molecular weight excluding hydrogens is 444 g/mol. The second kappa shape index (κ2) is 8.52. The number of nitrogens with zero attached hydrogens (tertiary/aromatic N) is 2. The zero-order valence-corrected chi connectivity index (χ0v) is 17.8. The number of ether oxygens (including phenoxy) is 2. The molecule has 9 nitrogen and oxygen atoms in total. The summed E-state index contributed by atoms with van der Waals surface area (Å²) in [6, 6.07) is 9.28. The normalized spacial score (nSPS) is 20.4. The van der Waals surface area contributed by atoms with Crippen LogP contribution in [0.15, 0.2) is 52.9 Å². The van der Waals surface area contributed by atoms with Crippen molar-refractivity contribution in [3.05, 3.63) is 73.4 Å². The van der Waals surface area contributed by atoms with Crippen LogP contribution in [0, 0.1) is 16.0 Å². The maximum atomic E-state index is 12.9. The van der Waals surface area contributed by atoms with Crippen LogP contribution in [-0.4, -0.2) is 33.0 Å². The smallest absolute Gasteiger partial charge is 0.355 e. The lowest BCUT2D eigenvalue weighted by Gasteiger charge is -2.45. The molecule has 3 atom stereocenters. The van der Waals surface area contributed by atoms with Gasteiger partial charge < -0.3 is 9.47 Å². The van der Waals surface area contributed by atoms with Crippen molar-refractivity contribution in [2.45, 2.75) is 25.0 Å². The number of benzene rings is 1. The van der Waals surface area contributed by atoms with Crippen LogP contribution in [0.5, 0.6) is 0 Å². The molecule has 0 saturated carbocycles. The van der Waals surface area contributed by atoms with Gasteiger partial charge in [-0.1, -0.05) is 6.07 Å². The molecule has 1 saturated heterocycles. The molecule has 0 aliphatic carbocycles. The number of fused-ring (bicyclic) bond motifs is 1. The van der Waals surface area contributed by atoms with E-state index in [1.165, 1.54) is 59.2 Å². The molecule has 4 rings (SSSR count). The van der Waals surface area contributed by atoms with E-state index < -0.39 is 28.9 Å². The molecule has 2 aliphatic heterocycles. The molecule has 2 aromatic rings. The molecule has 3 heterocycles. The summed E-state index contributed by atoms with van der Waals surface area (Å²) in [6.07, 6.45) is -0.706. The lowest BCUT2D eigenvalue weighted by Crippen LogP contribution is -2.59. The van der Waals surface area contributed by atoms with E-state index in [1.807, 2.05) is 11.4 Å². The summed E-state index contributed by atoms with van der Waals surface area (Å²) in [5.41, 5.74) is 0.659. The van der Waals surface area contributed by atoms with Crippen molar-refractivity contribution in [1.82, 2.24) is 4.90 Å². The van der Waals surface area contributed by atoms with Crippen molar-refractivity contribution < 1.29 is 28.8 Å². The zero-order chi connectivity index (χ0) is 22.1. The molecule has 0 N–H and O–H groups in total. The largest absolute Gasteiger partial charge is 0.456 e. The van der Waals surface area contributed by atoms with E-state index >= 15 is 0 Å². The van der Waals surface area contributed by atoms with E-state index in [-0.39, 0.29) is 29.3 Å². The average molecular weight is 460 g/mol. The Labute approximate surface area is 184 Å². The highest BCUT2D eigenvalue weighted by molar-refractivity contribution is 8.03. The summed E-state index contributed by atoms with van der Waals surface area (Å²) in [5, 5.41) is 13.8. The quantitative estimate of drug-likeness (QED) is 0.267. The van der Waals surface area contributed by atoms with Crippen molar-refractivity contribution in [3.8, 4) is 0 Å². The van der Waals surface area contributed by atoms with Crippen LogP contribution in [0.25, 0.3) is 0 Å². The van der Waals surface area contributed by atoms with E-state index in [0.717, 1.165) is 4.88 Å². The van der Waals surface area contributed by atoms with Crippen LogP contribution in [-0.2, 0) is 30.5 Å². The lowest BCUT2D eigenvalue weighted by atomic mass is 9.90. The number of amides is 1. The van der Waals surface area contributed by atoms with Gasteiger partial charge in [0.15, 0.2) is 6.10 Å². The molecule has 1 fully saturated rings. The number of carbonyl (C=O) groups excluding carboxylic acids is 3. The number of nitro groups is 1. The summed E-state index contributed by atoms with van der Waals surface area (Å²) >= 11 is 2.69. The molecule has 11 heteroatoms. The second-order valence-corrected chi connectivity index (χ2v) is 8.78. The van der Waals surface area contributed by atoms with Gasteiger partial charge in [0.1, 0.15) is 23.6 Å². The molecule has 2 aliphatic rings. The number of thiophene rings is 1. The monoisotopic (exact) mass is 460 g/mol. The van der Waals surface area contributed by atoms with E-state index in [9.17, 15) is 24.5 Å². The van der Waals surface area contributed by atoms with Gasteiger partial charge >= 0.3 is 11.9 Å². The molecular formula is C20H16N2O7S2. The van der Waals surface area contributed by atoms with Gasteiger partial charge in [-0.3, -0.25) is 24.6 Å². The average Bonchev–Trinajstić information content (AvgIpc) is 3.39. The summed E-state index contributed by atoms with van der Waals surface area (Å²) in [6.45, 7) is 1.21. The Bertz CT molecular complexity index is 1070. The fraction of sp³-hybridized carbons (Fsp3) is 0.250. The van der Waals surface area contributed by atoms with E-state index in [2.05, 4.69) is 0 Å². The summed E-state index contributed by atoms with van der Waals surface area (Å²) in [4.78, 5) is 49.3. The van der Waals surface area contributed by atoms with Crippen LogP contribution < -0.4 is 0 Å². The summed E-state index contributed by atoms with van der Waals surface area (Å²) < 4.78 is 10.7. The number of non-ortho nitro benzene ring substituents is 1. The van der Waals surface area contributed by atoms with Gasteiger partial charge in [-0.25, -0.2) is 4.79 Å². The standard InChI is InChI=1S/C20H16N2O7S2/c1-11(23)29-17(15-3-2-8-30-15)16-18(24)21-14(10-31-19(16)21)20(25)28-9-12-4-6-13(7-5-12)22(26)27/h2-8,10,16-17,19H,9H2,1H3/t16?,17?,19-/m1/s1. The van der Waals surface area contributed by atoms with Gasteiger partial charge in [0.25, 0.3) is 5.69 Å². The van der Waals surface area contributed by atoms with Gasteiger partial charge in [0.2, 0.25) is 5.91 Å². The lowest BCUT2D eigenvalue weighted by molar-refractivity contribution is -0.384. The van der Waals surface area contributed by atoms with Crippen LogP contribution >= 0.6 is 23.1 Å². The molecule has 0 radical (unpaired) electrons. The Morgan fingerprint density at radius 1 is 1.26 bits per heavy atom. The minimum atomic E-state index is -0.706. The highest BCUT2D eigenvalue weighted by atomic mass is 32.2. The van der Waals surface area contributed by atoms with Crippen LogP contribution in [0.4, 0.5) is 5.69 Å². The van der Waals surface area contributed by atoms with E-state index in [4.69, 9.17) is 9.47 Å². The SMILES string of the molecule is CC(=O)OC(c1cccs1)C1C(=O)N2C(C(=O)OCc3ccc([N+](=O)[O-])cc3)=CS[C@H]12. The van der Waals surface area contributed by atoms with Crippen LogP contribution in [0.1, 0.15) is 23.5 Å². The van der Waals surface area contributed by atoms with Gasteiger partial charge in [0, 0.05) is 29.3 Å². The number of esters is 2. The highest BCUT2D eigenvalue weighted by Gasteiger charge is 2.58. The summed E-state index contributed by atoms with van der Waals surface area (Å²) in [7, 11) is 0. The van der Waals surface area contributed by atoms with Crippen molar-refractivity contribution in [2.75, 3.05) is 0 Å². The van der Waals surface area contributed by atoms with Gasteiger partial charge in [-0.05, 0) is 29.1 Å². The Balaban J connectivity index is 1.40. The molecule has 31 heavy (non-hydrogen) atoms. The maximum Gasteiger partial charge on any atom is 0.355 e. The van der Waals surface area contributed by atoms with Crippen molar-refractivity contribution >= 4 is 46.6 Å².